The number of rotatable bonds is 11. The van der Waals surface area contributed by atoms with E-state index in [2.05, 4.69) is 20.0 Å². The Hall–Kier alpha value is -5.08. The summed E-state index contributed by atoms with van der Waals surface area (Å²) in [6.45, 7) is 0.154. The van der Waals surface area contributed by atoms with Crippen LogP contribution < -0.4 is 14.2 Å². The van der Waals surface area contributed by atoms with E-state index in [9.17, 15) is 10.3 Å². The molecule has 0 saturated heterocycles. The molecular formula is C28H25N5O5. The predicted octanol–water partition coefficient (Wildman–Crippen LogP) is 6.49. The van der Waals surface area contributed by atoms with E-state index in [4.69, 9.17) is 18.9 Å². The zero-order chi connectivity index (χ0) is 26.7. The van der Waals surface area contributed by atoms with E-state index in [0.29, 0.717) is 5.56 Å². The van der Waals surface area contributed by atoms with Crippen LogP contribution in [-0.2, 0) is 16.1 Å². The fraction of sp³-hybridized carbons (Fsp3) is 0.179. The molecule has 1 aromatic heterocycles. The van der Waals surface area contributed by atoms with Crippen LogP contribution in [0, 0.1) is 0 Å². The van der Waals surface area contributed by atoms with E-state index < -0.39 is 11.9 Å². The summed E-state index contributed by atoms with van der Waals surface area (Å²) in [6.07, 6.45) is 0.00914. The average molecular weight is 512 g/mol. The van der Waals surface area contributed by atoms with Crippen molar-refractivity contribution in [3.63, 3.8) is 0 Å². The second kappa shape index (κ2) is 12.8. The Kier molecular flexibility index (Phi) is 8.72. The molecule has 0 amide bonds. The highest BCUT2D eigenvalue weighted by molar-refractivity contribution is 5.72. The van der Waals surface area contributed by atoms with Gasteiger partial charge < -0.3 is 18.9 Å². The molecule has 0 fully saturated rings. The number of azide groups is 1. The molecular weight excluding hydrogens is 486 g/mol. The number of aromatic nitrogens is 2. The third kappa shape index (κ3) is 6.57. The molecule has 1 unspecified atom stereocenters. The number of carbonyl (C=O) groups excluding carboxylic acids is 1. The largest absolute Gasteiger partial charge is 0.481 e. The Bertz CT molecular complexity index is 1400. The maximum Gasteiger partial charge on any atom is 0.328 e. The molecule has 192 valence electrons. The quantitative estimate of drug-likeness (QED) is 0.0973. The Morgan fingerprint density at radius 2 is 1.58 bits per heavy atom. The molecule has 10 heteroatoms. The Labute approximate surface area is 219 Å². The summed E-state index contributed by atoms with van der Waals surface area (Å²) in [6, 6.07) is 25.5. The van der Waals surface area contributed by atoms with Gasteiger partial charge in [-0.1, -0.05) is 77.9 Å². The summed E-state index contributed by atoms with van der Waals surface area (Å²) in [4.78, 5) is 24.4. The van der Waals surface area contributed by atoms with Gasteiger partial charge in [0.2, 0.25) is 11.8 Å². The number of nitrogens with zero attached hydrogens (tertiary/aromatic N) is 5. The monoisotopic (exact) mass is 511 g/mol. The van der Waals surface area contributed by atoms with E-state index in [1.807, 2.05) is 60.7 Å². The number of hydrogen-bond acceptors (Lipinski definition) is 8. The summed E-state index contributed by atoms with van der Waals surface area (Å²) in [5, 5.41) is 3.80. The van der Waals surface area contributed by atoms with Gasteiger partial charge in [-0.3, -0.25) is 4.79 Å². The van der Waals surface area contributed by atoms with E-state index >= 15 is 0 Å². The van der Waals surface area contributed by atoms with Crippen molar-refractivity contribution in [1.29, 1.82) is 0 Å². The van der Waals surface area contributed by atoms with Crippen molar-refractivity contribution < 1.29 is 23.7 Å². The second-order valence-electron chi connectivity index (χ2n) is 8.04. The summed E-state index contributed by atoms with van der Waals surface area (Å²) in [5.74, 6) is -0.249. The fourth-order valence-corrected chi connectivity index (χ4v) is 3.84. The third-order valence-corrected chi connectivity index (χ3v) is 5.64. The van der Waals surface area contributed by atoms with Crippen molar-refractivity contribution >= 4 is 11.7 Å². The molecule has 4 aromatic rings. The molecule has 0 N–H and O–H groups in total. The summed E-state index contributed by atoms with van der Waals surface area (Å²) >= 11 is 0. The lowest BCUT2D eigenvalue weighted by molar-refractivity contribution is -0.145. The van der Waals surface area contributed by atoms with Gasteiger partial charge in [-0.05, 0) is 22.7 Å². The SMILES string of the molecule is COc1cc(OC)nc(Oc2c(N=[N+]=[N-])cccc2C(CC(=O)OCc2ccccc2)c2ccccc2)n1. The Morgan fingerprint density at radius 3 is 2.21 bits per heavy atom. The van der Waals surface area contributed by atoms with Crippen LogP contribution in [0.4, 0.5) is 5.69 Å². The lowest BCUT2D eigenvalue weighted by atomic mass is 9.87. The minimum absolute atomic E-state index is 0.00914. The summed E-state index contributed by atoms with van der Waals surface area (Å²) in [7, 11) is 2.91. The molecule has 1 atom stereocenters. The minimum atomic E-state index is -0.490. The third-order valence-electron chi connectivity index (χ3n) is 5.64. The number of ether oxygens (including phenoxy) is 4. The highest BCUT2D eigenvalue weighted by atomic mass is 16.5. The molecule has 38 heavy (non-hydrogen) atoms. The first-order valence-electron chi connectivity index (χ1n) is 11.7. The number of esters is 1. The van der Waals surface area contributed by atoms with Crippen LogP contribution in [0.5, 0.6) is 23.5 Å². The van der Waals surface area contributed by atoms with Crippen LogP contribution in [0.15, 0.2) is 90.0 Å². The molecule has 0 spiro atoms. The predicted molar refractivity (Wildman–Crippen MR) is 140 cm³/mol. The van der Waals surface area contributed by atoms with Gasteiger partial charge in [0.15, 0.2) is 0 Å². The number of hydrogen-bond donors (Lipinski definition) is 0. The van der Waals surface area contributed by atoms with Crippen molar-refractivity contribution in [2.24, 2.45) is 5.11 Å². The normalized spacial score (nSPS) is 11.1. The first kappa shape index (κ1) is 26.0. The number of carbonyl (C=O) groups is 1. The maximum absolute atomic E-state index is 13.0. The zero-order valence-electron chi connectivity index (χ0n) is 20.9. The van der Waals surface area contributed by atoms with Gasteiger partial charge in [-0.15, -0.1) is 0 Å². The fourth-order valence-electron chi connectivity index (χ4n) is 3.84. The molecule has 3 aromatic carbocycles. The van der Waals surface area contributed by atoms with E-state index in [1.165, 1.54) is 20.3 Å². The van der Waals surface area contributed by atoms with Gasteiger partial charge >= 0.3 is 12.0 Å². The van der Waals surface area contributed by atoms with E-state index in [0.717, 1.165) is 11.1 Å². The van der Waals surface area contributed by atoms with Crippen molar-refractivity contribution in [3.05, 3.63) is 112 Å². The molecule has 0 bridgehead atoms. The van der Waals surface area contributed by atoms with Crippen LogP contribution in [0.2, 0.25) is 0 Å². The second-order valence-corrected chi connectivity index (χ2v) is 8.04. The number of benzene rings is 3. The zero-order valence-corrected chi connectivity index (χ0v) is 20.9. The first-order chi connectivity index (χ1) is 18.6. The topological polar surface area (TPSA) is 129 Å². The first-order valence-corrected chi connectivity index (χ1v) is 11.7. The lowest BCUT2D eigenvalue weighted by Crippen LogP contribution is -2.13. The summed E-state index contributed by atoms with van der Waals surface area (Å²) < 4.78 is 22.1. The molecule has 4 rings (SSSR count). The molecule has 0 aliphatic heterocycles. The van der Waals surface area contributed by atoms with Crippen molar-refractivity contribution in [3.8, 4) is 23.5 Å². The van der Waals surface area contributed by atoms with Crippen LogP contribution >= 0.6 is 0 Å². The van der Waals surface area contributed by atoms with Gasteiger partial charge in [0, 0.05) is 16.4 Å². The van der Waals surface area contributed by atoms with Crippen LogP contribution in [0.1, 0.15) is 29.0 Å². The van der Waals surface area contributed by atoms with Crippen LogP contribution in [-0.4, -0.2) is 30.2 Å². The van der Waals surface area contributed by atoms with Gasteiger partial charge in [0.25, 0.3) is 0 Å². The van der Waals surface area contributed by atoms with Crippen molar-refractivity contribution in [1.82, 2.24) is 9.97 Å². The van der Waals surface area contributed by atoms with E-state index in [1.54, 1.807) is 18.2 Å². The highest BCUT2D eigenvalue weighted by Crippen LogP contribution is 2.42. The van der Waals surface area contributed by atoms with Gasteiger partial charge in [-0.25, -0.2) is 0 Å². The molecule has 10 nitrogen and oxygen atoms in total. The Morgan fingerprint density at radius 1 is 0.921 bits per heavy atom. The molecule has 1 heterocycles. The van der Waals surface area contributed by atoms with Crippen molar-refractivity contribution in [2.75, 3.05) is 14.2 Å². The number of para-hydroxylation sites is 1. The number of methoxy groups -OCH3 is 2. The van der Waals surface area contributed by atoms with Crippen LogP contribution in [0.3, 0.4) is 0 Å². The minimum Gasteiger partial charge on any atom is -0.481 e. The molecule has 0 radical (unpaired) electrons. The lowest BCUT2D eigenvalue weighted by Gasteiger charge is -2.21. The standard InChI is InChI=1S/C28H25N5O5/c1-35-24-17-25(36-2)31-28(30-24)38-27-21(14-9-15-23(27)32-33-29)22(20-12-7-4-8-13-20)16-26(34)37-18-19-10-5-3-6-11-19/h3-15,17,22H,16,18H2,1-2H3. The van der Waals surface area contributed by atoms with Gasteiger partial charge in [-0.2, -0.15) is 9.97 Å². The highest BCUT2D eigenvalue weighted by Gasteiger charge is 2.25. The maximum atomic E-state index is 13.0. The molecule has 0 aliphatic carbocycles. The van der Waals surface area contributed by atoms with E-state index in [-0.39, 0.29) is 42.2 Å². The summed E-state index contributed by atoms with van der Waals surface area (Å²) in [5.41, 5.74) is 11.7. The smallest absolute Gasteiger partial charge is 0.328 e. The Balaban J connectivity index is 1.73. The van der Waals surface area contributed by atoms with Crippen molar-refractivity contribution in [2.45, 2.75) is 18.9 Å². The van der Waals surface area contributed by atoms with Crippen LogP contribution in [0.25, 0.3) is 10.4 Å². The average Bonchev–Trinajstić information content (AvgIpc) is 2.96. The van der Waals surface area contributed by atoms with Gasteiger partial charge in [0.05, 0.1) is 32.4 Å². The molecule has 0 saturated carbocycles. The molecule has 0 aliphatic rings. The van der Waals surface area contributed by atoms with Gasteiger partial charge in [0.1, 0.15) is 12.4 Å².